The topological polar surface area (TPSA) is 57.2 Å². The van der Waals surface area contributed by atoms with Crippen LogP contribution in [0.15, 0.2) is 0 Å². The molecule has 1 N–H and O–H groups in total. The van der Waals surface area contributed by atoms with Crippen molar-refractivity contribution in [2.24, 2.45) is 0 Å². The van der Waals surface area contributed by atoms with Gasteiger partial charge in [0, 0.05) is 33.2 Å². The van der Waals surface area contributed by atoms with Crippen LogP contribution in [0.25, 0.3) is 0 Å². The highest BCUT2D eigenvalue weighted by Gasteiger charge is 2.18. The summed E-state index contributed by atoms with van der Waals surface area (Å²) in [5, 5.41) is 3.22. The number of nitrogens with one attached hydrogen (secondary N) is 1. The molecule has 1 fully saturated rings. The molecule has 0 amide bonds. The summed E-state index contributed by atoms with van der Waals surface area (Å²) in [5.41, 5.74) is 0. The Morgan fingerprint density at radius 3 is 2.52 bits per heavy atom. The van der Waals surface area contributed by atoms with Crippen molar-refractivity contribution in [1.29, 1.82) is 0 Å². The van der Waals surface area contributed by atoms with E-state index in [9.17, 15) is 0 Å². The van der Waals surface area contributed by atoms with Crippen LogP contribution in [0.5, 0.6) is 0 Å². The Bertz CT molecular complexity index is 430. The van der Waals surface area contributed by atoms with Gasteiger partial charge in [-0.2, -0.15) is 15.0 Å². The maximum Gasteiger partial charge on any atom is 0.231 e. The molecule has 1 aromatic rings. The summed E-state index contributed by atoms with van der Waals surface area (Å²) in [4.78, 5) is 18.1. The van der Waals surface area contributed by atoms with Crippen LogP contribution in [0.2, 0.25) is 0 Å². The highest BCUT2D eigenvalue weighted by molar-refractivity contribution is 5.45. The van der Waals surface area contributed by atoms with Gasteiger partial charge in [0.25, 0.3) is 0 Å². The molecule has 0 unspecified atom stereocenters. The van der Waals surface area contributed by atoms with Crippen molar-refractivity contribution in [3.8, 4) is 0 Å². The summed E-state index contributed by atoms with van der Waals surface area (Å²) in [6.45, 7) is 8.19. The summed E-state index contributed by atoms with van der Waals surface area (Å²) in [5.74, 6) is 2.28. The third kappa shape index (κ3) is 4.44. The number of hydrogen-bond donors (Lipinski definition) is 1. The molecule has 0 spiro atoms. The van der Waals surface area contributed by atoms with Crippen LogP contribution in [0, 0.1) is 0 Å². The fourth-order valence-electron chi connectivity index (χ4n) is 2.52. The summed E-state index contributed by atoms with van der Waals surface area (Å²) in [6.07, 6.45) is 6.10. The Morgan fingerprint density at radius 1 is 1.10 bits per heavy atom. The van der Waals surface area contributed by atoms with E-state index in [1.807, 2.05) is 0 Å². The quantitative estimate of drug-likeness (QED) is 0.743. The van der Waals surface area contributed by atoms with E-state index in [2.05, 4.69) is 51.0 Å². The summed E-state index contributed by atoms with van der Waals surface area (Å²) in [6, 6.07) is 0. The van der Waals surface area contributed by atoms with Crippen molar-refractivity contribution in [3.05, 3.63) is 0 Å². The van der Waals surface area contributed by atoms with Crippen molar-refractivity contribution < 1.29 is 0 Å². The van der Waals surface area contributed by atoms with Gasteiger partial charge in [-0.1, -0.05) is 19.8 Å². The third-order valence-electron chi connectivity index (χ3n) is 3.77. The maximum absolute atomic E-state index is 4.67. The molecule has 0 aliphatic carbocycles. The molecular weight excluding hydrogens is 264 g/mol. The number of anilines is 3. The smallest absolute Gasteiger partial charge is 0.231 e. The van der Waals surface area contributed by atoms with Crippen molar-refractivity contribution in [1.82, 2.24) is 15.0 Å². The molecule has 1 aliphatic heterocycles. The van der Waals surface area contributed by atoms with Gasteiger partial charge in [-0.3, -0.25) is 0 Å². The molecule has 1 aromatic heterocycles. The number of aromatic nitrogens is 3. The highest BCUT2D eigenvalue weighted by atomic mass is 15.4. The average molecular weight is 292 g/mol. The minimum Gasteiger partial charge on any atom is -0.354 e. The second kappa shape index (κ2) is 8.00. The Kier molecular flexibility index (Phi) is 6.02. The number of hydrogen-bond acceptors (Lipinski definition) is 6. The standard InChI is InChI=1S/C15H28N6/c1-4-6-7-10-20(3)14-17-13(16-5-2)18-15(19-14)21-11-8-9-12-21/h4-12H2,1-3H3,(H,16,17,18,19). The molecule has 0 radical (unpaired) electrons. The SMILES string of the molecule is CCCCCN(C)c1nc(NCC)nc(N2CCCC2)n1. The first-order valence-corrected chi connectivity index (χ1v) is 8.20. The van der Waals surface area contributed by atoms with E-state index in [1.54, 1.807) is 0 Å². The Labute approximate surface area is 128 Å². The lowest BCUT2D eigenvalue weighted by Gasteiger charge is -2.21. The Morgan fingerprint density at radius 2 is 1.86 bits per heavy atom. The van der Waals surface area contributed by atoms with Gasteiger partial charge in [-0.25, -0.2) is 0 Å². The molecule has 2 heterocycles. The molecule has 0 saturated carbocycles. The zero-order chi connectivity index (χ0) is 15.1. The number of unbranched alkanes of at least 4 members (excludes halogenated alkanes) is 2. The van der Waals surface area contributed by atoms with Gasteiger partial charge in [0.2, 0.25) is 17.8 Å². The Hall–Kier alpha value is -1.59. The fourth-order valence-corrected chi connectivity index (χ4v) is 2.52. The van der Waals surface area contributed by atoms with Crippen LogP contribution in [-0.4, -0.2) is 48.2 Å². The normalized spacial score (nSPS) is 14.5. The molecular formula is C15H28N6. The zero-order valence-corrected chi connectivity index (χ0v) is 13.6. The van der Waals surface area contributed by atoms with E-state index in [0.29, 0.717) is 5.95 Å². The van der Waals surface area contributed by atoms with Gasteiger partial charge in [-0.05, 0) is 26.2 Å². The van der Waals surface area contributed by atoms with E-state index in [-0.39, 0.29) is 0 Å². The first kappa shape index (κ1) is 15.8. The molecule has 1 aliphatic rings. The number of nitrogens with zero attached hydrogens (tertiary/aromatic N) is 5. The van der Waals surface area contributed by atoms with Crippen molar-refractivity contribution in [2.75, 3.05) is 48.3 Å². The van der Waals surface area contributed by atoms with Crippen LogP contribution in [-0.2, 0) is 0 Å². The second-order valence-electron chi connectivity index (χ2n) is 5.61. The van der Waals surface area contributed by atoms with Gasteiger partial charge >= 0.3 is 0 Å². The van der Waals surface area contributed by atoms with E-state index >= 15 is 0 Å². The zero-order valence-electron chi connectivity index (χ0n) is 13.6. The van der Waals surface area contributed by atoms with Crippen LogP contribution in [0.1, 0.15) is 46.0 Å². The minimum absolute atomic E-state index is 0.687. The first-order valence-electron chi connectivity index (χ1n) is 8.20. The fraction of sp³-hybridized carbons (Fsp3) is 0.800. The molecule has 0 aromatic carbocycles. The third-order valence-corrected chi connectivity index (χ3v) is 3.77. The van der Waals surface area contributed by atoms with Crippen LogP contribution < -0.4 is 15.1 Å². The lowest BCUT2D eigenvalue weighted by atomic mass is 10.2. The van der Waals surface area contributed by atoms with Crippen LogP contribution >= 0.6 is 0 Å². The largest absolute Gasteiger partial charge is 0.354 e. The van der Waals surface area contributed by atoms with E-state index < -0.39 is 0 Å². The lowest BCUT2D eigenvalue weighted by Crippen LogP contribution is -2.26. The van der Waals surface area contributed by atoms with E-state index in [4.69, 9.17) is 0 Å². The molecule has 118 valence electrons. The predicted molar refractivity (Wildman–Crippen MR) is 88.2 cm³/mol. The second-order valence-corrected chi connectivity index (χ2v) is 5.61. The first-order chi connectivity index (χ1) is 10.2. The average Bonchev–Trinajstić information content (AvgIpc) is 3.02. The number of rotatable bonds is 8. The Balaban J connectivity index is 2.14. The molecule has 2 rings (SSSR count). The van der Waals surface area contributed by atoms with Crippen molar-refractivity contribution in [3.63, 3.8) is 0 Å². The predicted octanol–water partition coefficient (Wildman–Crippen LogP) is 2.53. The van der Waals surface area contributed by atoms with Gasteiger partial charge < -0.3 is 15.1 Å². The molecule has 6 heteroatoms. The van der Waals surface area contributed by atoms with Crippen molar-refractivity contribution >= 4 is 17.8 Å². The monoisotopic (exact) mass is 292 g/mol. The molecule has 21 heavy (non-hydrogen) atoms. The summed E-state index contributed by atoms with van der Waals surface area (Å²) >= 11 is 0. The summed E-state index contributed by atoms with van der Waals surface area (Å²) < 4.78 is 0. The van der Waals surface area contributed by atoms with Gasteiger partial charge in [0.1, 0.15) is 0 Å². The minimum atomic E-state index is 0.687. The van der Waals surface area contributed by atoms with Gasteiger partial charge in [-0.15, -0.1) is 0 Å². The maximum atomic E-state index is 4.67. The van der Waals surface area contributed by atoms with Crippen molar-refractivity contribution in [2.45, 2.75) is 46.0 Å². The summed E-state index contributed by atoms with van der Waals surface area (Å²) in [7, 11) is 2.06. The lowest BCUT2D eigenvalue weighted by molar-refractivity contribution is 0.694. The molecule has 0 bridgehead atoms. The van der Waals surface area contributed by atoms with Gasteiger partial charge in [0.05, 0.1) is 0 Å². The van der Waals surface area contributed by atoms with Gasteiger partial charge in [0.15, 0.2) is 0 Å². The van der Waals surface area contributed by atoms with E-state index in [1.165, 1.54) is 32.1 Å². The molecule has 0 atom stereocenters. The highest BCUT2D eigenvalue weighted by Crippen LogP contribution is 2.20. The van der Waals surface area contributed by atoms with Crippen LogP contribution in [0.3, 0.4) is 0 Å². The molecule has 1 saturated heterocycles. The van der Waals surface area contributed by atoms with Crippen LogP contribution in [0.4, 0.5) is 17.8 Å². The van der Waals surface area contributed by atoms with E-state index in [0.717, 1.165) is 38.1 Å². The molecule has 6 nitrogen and oxygen atoms in total.